The van der Waals surface area contributed by atoms with Gasteiger partial charge in [0.05, 0.1) is 13.7 Å². The zero-order valence-electron chi connectivity index (χ0n) is 10.1. The van der Waals surface area contributed by atoms with Crippen LogP contribution < -0.4 is 4.74 Å². The second kappa shape index (κ2) is 6.30. The first-order valence-electron chi connectivity index (χ1n) is 5.28. The predicted molar refractivity (Wildman–Crippen MR) is 64.9 cm³/mol. The molecule has 1 aromatic carbocycles. The van der Waals surface area contributed by atoms with Gasteiger partial charge >= 0.3 is 5.97 Å². The highest BCUT2D eigenvalue weighted by Gasteiger charge is 2.09. The van der Waals surface area contributed by atoms with Crippen LogP contribution in [0, 0.1) is 11.3 Å². The van der Waals surface area contributed by atoms with Crippen molar-refractivity contribution in [3.05, 3.63) is 29.3 Å². The van der Waals surface area contributed by atoms with Crippen molar-refractivity contribution in [1.82, 2.24) is 0 Å². The fraction of sp³-hybridized carbons (Fsp3) is 0.231. The highest BCUT2D eigenvalue weighted by atomic mass is 16.5. The second-order valence-electron chi connectivity index (χ2n) is 3.32. The number of benzene rings is 1. The van der Waals surface area contributed by atoms with Crippen LogP contribution in [0.1, 0.15) is 12.5 Å². The largest absolute Gasteiger partial charge is 0.504 e. The third-order valence-corrected chi connectivity index (χ3v) is 2.12. The topological polar surface area (TPSA) is 79.5 Å². The molecule has 0 heterocycles. The predicted octanol–water partition coefficient (Wildman–Crippen LogP) is 1.87. The maximum absolute atomic E-state index is 11.2. The summed E-state index contributed by atoms with van der Waals surface area (Å²) in [5.41, 5.74) is 0.374. The number of esters is 1. The molecule has 0 amide bonds. The standard InChI is InChI=1S/C13H13NO4/c1-3-18-12-5-4-9(7-11(12)15)6-10(8-14)13(16)17-2/h4-7,15H,3H2,1-2H3. The first-order valence-corrected chi connectivity index (χ1v) is 5.28. The van der Waals surface area contributed by atoms with Crippen molar-refractivity contribution >= 4 is 12.0 Å². The van der Waals surface area contributed by atoms with E-state index in [2.05, 4.69) is 4.74 Å². The molecule has 0 aliphatic rings. The fourth-order valence-corrected chi connectivity index (χ4v) is 1.32. The fourth-order valence-electron chi connectivity index (χ4n) is 1.32. The number of aromatic hydroxyl groups is 1. The number of phenolic OH excluding ortho intramolecular Hbond substituents is 1. The third-order valence-electron chi connectivity index (χ3n) is 2.12. The molecule has 0 radical (unpaired) electrons. The smallest absolute Gasteiger partial charge is 0.348 e. The summed E-state index contributed by atoms with van der Waals surface area (Å²) in [4.78, 5) is 11.2. The SMILES string of the molecule is CCOc1ccc(C=C(C#N)C(=O)OC)cc1O. The Labute approximate surface area is 105 Å². The van der Waals surface area contributed by atoms with Crippen LogP contribution in [0.2, 0.25) is 0 Å². The molecule has 18 heavy (non-hydrogen) atoms. The van der Waals surface area contributed by atoms with Crippen molar-refractivity contribution < 1.29 is 19.4 Å². The van der Waals surface area contributed by atoms with Gasteiger partial charge in [-0.1, -0.05) is 6.07 Å². The number of ether oxygens (including phenoxy) is 2. The molecule has 1 N–H and O–H groups in total. The van der Waals surface area contributed by atoms with Crippen molar-refractivity contribution in [2.45, 2.75) is 6.92 Å². The molecule has 1 aromatic rings. The number of phenols is 1. The number of carbonyl (C=O) groups excluding carboxylic acids is 1. The number of nitriles is 1. The van der Waals surface area contributed by atoms with Gasteiger partial charge in [0.1, 0.15) is 11.6 Å². The molecule has 0 fully saturated rings. The number of nitrogens with zero attached hydrogens (tertiary/aromatic N) is 1. The van der Waals surface area contributed by atoms with Crippen LogP contribution >= 0.6 is 0 Å². The van der Waals surface area contributed by atoms with Gasteiger partial charge in [-0.05, 0) is 30.7 Å². The number of hydrogen-bond donors (Lipinski definition) is 1. The Kier molecular flexibility index (Phi) is 4.76. The van der Waals surface area contributed by atoms with Gasteiger partial charge in [-0.2, -0.15) is 5.26 Å². The van der Waals surface area contributed by atoms with Gasteiger partial charge in [0.15, 0.2) is 11.5 Å². The van der Waals surface area contributed by atoms with Gasteiger partial charge in [-0.3, -0.25) is 0 Å². The quantitative estimate of drug-likeness (QED) is 0.499. The summed E-state index contributed by atoms with van der Waals surface area (Å²) in [5.74, 6) is -0.412. The minimum atomic E-state index is -0.717. The lowest BCUT2D eigenvalue weighted by Gasteiger charge is -2.06. The molecule has 0 aromatic heterocycles. The van der Waals surface area contributed by atoms with E-state index in [1.54, 1.807) is 25.1 Å². The van der Waals surface area contributed by atoms with E-state index in [1.165, 1.54) is 19.3 Å². The van der Waals surface area contributed by atoms with E-state index in [0.717, 1.165) is 0 Å². The minimum Gasteiger partial charge on any atom is -0.504 e. The summed E-state index contributed by atoms with van der Waals surface area (Å²) < 4.78 is 9.62. The zero-order chi connectivity index (χ0) is 13.5. The van der Waals surface area contributed by atoms with Crippen LogP contribution in [0.5, 0.6) is 11.5 Å². The van der Waals surface area contributed by atoms with Crippen LogP contribution in [0.25, 0.3) is 6.08 Å². The van der Waals surface area contributed by atoms with Gasteiger partial charge in [0.2, 0.25) is 0 Å². The zero-order valence-corrected chi connectivity index (χ0v) is 10.1. The maximum atomic E-state index is 11.2. The molecule has 0 saturated carbocycles. The summed E-state index contributed by atoms with van der Waals surface area (Å²) >= 11 is 0. The molecule has 0 atom stereocenters. The Balaban J connectivity index is 3.05. The van der Waals surface area contributed by atoms with Crippen LogP contribution in [0.3, 0.4) is 0 Å². The summed E-state index contributed by atoms with van der Waals surface area (Å²) in [7, 11) is 1.20. The van der Waals surface area contributed by atoms with Gasteiger partial charge < -0.3 is 14.6 Å². The van der Waals surface area contributed by atoms with E-state index in [0.29, 0.717) is 17.9 Å². The molecule has 0 saturated heterocycles. The molecule has 0 aliphatic carbocycles. The second-order valence-corrected chi connectivity index (χ2v) is 3.32. The Bertz CT molecular complexity index is 514. The molecular formula is C13H13NO4. The van der Waals surface area contributed by atoms with Crippen LogP contribution in [0.4, 0.5) is 0 Å². The van der Waals surface area contributed by atoms with Gasteiger partial charge in [-0.15, -0.1) is 0 Å². The molecular weight excluding hydrogens is 234 g/mol. The molecule has 0 bridgehead atoms. The highest BCUT2D eigenvalue weighted by Crippen LogP contribution is 2.27. The van der Waals surface area contributed by atoms with Crippen molar-refractivity contribution in [2.24, 2.45) is 0 Å². The summed E-state index contributed by atoms with van der Waals surface area (Å²) in [5, 5.41) is 18.4. The number of methoxy groups -OCH3 is 1. The first kappa shape index (κ1) is 13.6. The Hall–Kier alpha value is -2.48. The van der Waals surface area contributed by atoms with E-state index in [-0.39, 0.29) is 11.3 Å². The lowest BCUT2D eigenvalue weighted by molar-refractivity contribution is -0.135. The third kappa shape index (κ3) is 3.25. The van der Waals surface area contributed by atoms with Gasteiger partial charge in [0, 0.05) is 0 Å². The van der Waals surface area contributed by atoms with Crippen molar-refractivity contribution in [2.75, 3.05) is 13.7 Å². The van der Waals surface area contributed by atoms with Crippen molar-refractivity contribution in [1.29, 1.82) is 5.26 Å². The molecule has 94 valence electrons. The van der Waals surface area contributed by atoms with Gasteiger partial charge in [-0.25, -0.2) is 4.79 Å². The average Bonchev–Trinajstić information content (AvgIpc) is 2.38. The summed E-state index contributed by atoms with van der Waals surface area (Å²) in [6.45, 7) is 2.24. The van der Waals surface area contributed by atoms with E-state index in [9.17, 15) is 9.90 Å². The van der Waals surface area contributed by atoms with Crippen molar-refractivity contribution in [3.8, 4) is 17.6 Å². The molecule has 5 heteroatoms. The Morgan fingerprint density at radius 2 is 2.28 bits per heavy atom. The minimum absolute atomic E-state index is 0.0484. The Morgan fingerprint density at radius 3 is 2.78 bits per heavy atom. The number of rotatable bonds is 4. The van der Waals surface area contributed by atoms with Crippen LogP contribution in [0.15, 0.2) is 23.8 Å². The normalized spacial score (nSPS) is 10.6. The maximum Gasteiger partial charge on any atom is 0.348 e. The summed E-state index contributed by atoms with van der Waals surface area (Å²) in [6.07, 6.45) is 1.33. The lowest BCUT2D eigenvalue weighted by Crippen LogP contribution is -2.02. The average molecular weight is 247 g/mol. The molecule has 0 spiro atoms. The molecule has 1 rings (SSSR count). The van der Waals surface area contributed by atoms with Crippen molar-refractivity contribution in [3.63, 3.8) is 0 Å². The van der Waals surface area contributed by atoms with Gasteiger partial charge in [0.25, 0.3) is 0 Å². The van der Waals surface area contributed by atoms with E-state index in [4.69, 9.17) is 10.00 Å². The monoisotopic (exact) mass is 247 g/mol. The lowest BCUT2D eigenvalue weighted by atomic mass is 10.1. The molecule has 0 aliphatic heterocycles. The number of hydrogen-bond acceptors (Lipinski definition) is 5. The van der Waals surface area contributed by atoms with E-state index >= 15 is 0 Å². The van der Waals surface area contributed by atoms with E-state index in [1.807, 2.05) is 0 Å². The van der Waals surface area contributed by atoms with Crippen LogP contribution in [-0.2, 0) is 9.53 Å². The van der Waals surface area contributed by atoms with Crippen LogP contribution in [-0.4, -0.2) is 24.8 Å². The highest BCUT2D eigenvalue weighted by molar-refractivity contribution is 5.97. The summed E-state index contributed by atoms with van der Waals surface area (Å²) in [6, 6.07) is 6.34. The number of carbonyl (C=O) groups is 1. The molecule has 5 nitrogen and oxygen atoms in total. The first-order chi connectivity index (χ1) is 8.62. The molecule has 0 unspecified atom stereocenters. The van der Waals surface area contributed by atoms with E-state index < -0.39 is 5.97 Å². The Morgan fingerprint density at radius 1 is 1.56 bits per heavy atom.